The van der Waals surface area contributed by atoms with E-state index in [1.807, 2.05) is 0 Å². The number of halogens is 1. The van der Waals surface area contributed by atoms with Crippen LogP contribution in [-0.2, 0) is 7.05 Å². The second kappa shape index (κ2) is 4.02. The van der Waals surface area contributed by atoms with Crippen molar-refractivity contribution < 1.29 is 4.79 Å². The molecule has 18 heavy (non-hydrogen) atoms. The summed E-state index contributed by atoms with van der Waals surface area (Å²) in [7, 11) is 1.72. The molecule has 0 fully saturated rings. The van der Waals surface area contributed by atoms with Crippen molar-refractivity contribution in [3.8, 4) is 0 Å². The van der Waals surface area contributed by atoms with E-state index in [0.29, 0.717) is 21.2 Å². The summed E-state index contributed by atoms with van der Waals surface area (Å²) in [6.07, 6.45) is 8.07. The Morgan fingerprint density at radius 1 is 1.28 bits per heavy atom. The van der Waals surface area contributed by atoms with Gasteiger partial charge < -0.3 is 0 Å². The first-order chi connectivity index (χ1) is 8.68. The normalized spacial score (nSPS) is 11.0. The Hall–Kier alpha value is -2.02. The minimum absolute atomic E-state index is 0.134. The lowest BCUT2D eigenvalue weighted by Crippen LogP contribution is -2.08. The molecule has 3 heterocycles. The highest BCUT2D eigenvalue weighted by atomic mass is 79.9. The van der Waals surface area contributed by atoms with E-state index in [1.165, 1.54) is 4.68 Å². The highest BCUT2D eigenvalue weighted by Crippen LogP contribution is 2.21. The van der Waals surface area contributed by atoms with Crippen molar-refractivity contribution in [1.29, 1.82) is 0 Å². The largest absolute Gasteiger partial charge is 0.287 e. The van der Waals surface area contributed by atoms with Crippen LogP contribution in [0.4, 0.5) is 0 Å². The van der Waals surface area contributed by atoms with Crippen molar-refractivity contribution in [2.24, 2.45) is 7.05 Å². The number of nitrogens with zero attached hydrogens (tertiary/aromatic N) is 5. The predicted molar refractivity (Wildman–Crippen MR) is 67.3 cm³/mol. The molecule has 7 heteroatoms. The van der Waals surface area contributed by atoms with Crippen molar-refractivity contribution in [2.75, 3.05) is 0 Å². The molecule has 3 rings (SSSR count). The molecule has 90 valence electrons. The average molecular weight is 306 g/mol. The van der Waals surface area contributed by atoms with Gasteiger partial charge in [0.05, 0.1) is 34.1 Å². The summed E-state index contributed by atoms with van der Waals surface area (Å²) >= 11 is 3.32. The SMILES string of the molecule is Cn1ncc(Br)c1C(=O)c1cnn2ccncc12. The van der Waals surface area contributed by atoms with Crippen molar-refractivity contribution in [2.45, 2.75) is 0 Å². The van der Waals surface area contributed by atoms with E-state index in [0.717, 1.165) is 0 Å². The van der Waals surface area contributed by atoms with Gasteiger partial charge in [-0.05, 0) is 15.9 Å². The molecule has 0 unspecified atom stereocenters. The first kappa shape index (κ1) is 11.1. The molecule has 0 saturated carbocycles. The van der Waals surface area contributed by atoms with Crippen LogP contribution in [0.25, 0.3) is 5.52 Å². The quantitative estimate of drug-likeness (QED) is 0.672. The summed E-state index contributed by atoms with van der Waals surface area (Å²) in [6.45, 7) is 0. The fourth-order valence-electron chi connectivity index (χ4n) is 1.80. The van der Waals surface area contributed by atoms with Gasteiger partial charge >= 0.3 is 0 Å². The lowest BCUT2D eigenvalue weighted by Gasteiger charge is -2.00. The number of hydrogen-bond acceptors (Lipinski definition) is 4. The van der Waals surface area contributed by atoms with Gasteiger partial charge in [0, 0.05) is 19.4 Å². The first-order valence-electron chi connectivity index (χ1n) is 5.18. The standard InChI is InChI=1S/C11H8BrN5O/c1-16-10(8(12)5-14-16)11(18)7-4-15-17-3-2-13-6-9(7)17/h2-6H,1H3. The Morgan fingerprint density at radius 2 is 2.11 bits per heavy atom. The maximum atomic E-state index is 12.5. The summed E-state index contributed by atoms with van der Waals surface area (Å²) in [5, 5.41) is 8.15. The summed E-state index contributed by atoms with van der Waals surface area (Å²) in [6, 6.07) is 0. The van der Waals surface area contributed by atoms with Gasteiger partial charge in [0.25, 0.3) is 0 Å². The lowest BCUT2D eigenvalue weighted by molar-refractivity contribution is 0.103. The van der Waals surface area contributed by atoms with E-state index < -0.39 is 0 Å². The van der Waals surface area contributed by atoms with Gasteiger partial charge in [0.1, 0.15) is 5.69 Å². The van der Waals surface area contributed by atoms with Gasteiger partial charge in [0.2, 0.25) is 5.78 Å². The third-order valence-corrected chi connectivity index (χ3v) is 3.26. The predicted octanol–water partition coefficient (Wildman–Crippen LogP) is 1.46. The van der Waals surface area contributed by atoms with Crippen LogP contribution in [0.3, 0.4) is 0 Å². The molecule has 0 saturated heterocycles. The van der Waals surface area contributed by atoms with Crippen LogP contribution in [0.2, 0.25) is 0 Å². The van der Waals surface area contributed by atoms with Crippen LogP contribution in [0.15, 0.2) is 35.5 Å². The minimum atomic E-state index is -0.134. The molecule has 0 amide bonds. The van der Waals surface area contributed by atoms with Gasteiger partial charge in [-0.25, -0.2) is 4.52 Å². The number of carbonyl (C=O) groups excluding carboxylic acids is 1. The van der Waals surface area contributed by atoms with Crippen LogP contribution < -0.4 is 0 Å². The Kier molecular flexibility index (Phi) is 2.48. The maximum absolute atomic E-state index is 12.5. The molecular weight excluding hydrogens is 298 g/mol. The van der Waals surface area contributed by atoms with Crippen molar-refractivity contribution in [3.63, 3.8) is 0 Å². The molecule has 0 bridgehead atoms. The Balaban J connectivity index is 2.19. The van der Waals surface area contributed by atoms with Gasteiger partial charge in [-0.2, -0.15) is 10.2 Å². The molecule has 3 aromatic rings. The summed E-state index contributed by atoms with van der Waals surface area (Å²) < 4.78 is 3.81. The first-order valence-corrected chi connectivity index (χ1v) is 5.97. The number of aromatic nitrogens is 5. The molecule has 0 N–H and O–H groups in total. The third-order valence-electron chi connectivity index (χ3n) is 2.68. The molecule has 0 aliphatic carbocycles. The number of aryl methyl sites for hydroxylation is 1. The molecule has 0 atom stereocenters. The fraction of sp³-hybridized carbons (Fsp3) is 0.0909. The van der Waals surface area contributed by atoms with Gasteiger partial charge in [0.15, 0.2) is 0 Å². The molecular formula is C11H8BrN5O. The van der Waals surface area contributed by atoms with Crippen molar-refractivity contribution >= 4 is 27.2 Å². The number of ketones is 1. The Labute approximate surface area is 110 Å². The molecule has 0 aliphatic heterocycles. The van der Waals surface area contributed by atoms with E-state index in [4.69, 9.17) is 0 Å². The second-order valence-corrected chi connectivity index (χ2v) is 4.61. The van der Waals surface area contributed by atoms with E-state index in [-0.39, 0.29) is 5.78 Å². The highest BCUT2D eigenvalue weighted by Gasteiger charge is 2.20. The van der Waals surface area contributed by atoms with Gasteiger partial charge in [-0.1, -0.05) is 0 Å². The zero-order chi connectivity index (χ0) is 12.7. The van der Waals surface area contributed by atoms with E-state index in [2.05, 4.69) is 31.1 Å². The molecule has 0 aliphatic rings. The van der Waals surface area contributed by atoms with Crippen LogP contribution in [-0.4, -0.2) is 30.2 Å². The van der Waals surface area contributed by atoms with E-state index >= 15 is 0 Å². The maximum Gasteiger partial charge on any atom is 0.216 e. The second-order valence-electron chi connectivity index (χ2n) is 3.76. The smallest absolute Gasteiger partial charge is 0.216 e. The molecule has 0 aromatic carbocycles. The zero-order valence-corrected chi connectivity index (χ0v) is 11.0. The number of fused-ring (bicyclic) bond motifs is 1. The topological polar surface area (TPSA) is 65.1 Å². The van der Waals surface area contributed by atoms with Crippen molar-refractivity contribution in [1.82, 2.24) is 24.4 Å². The zero-order valence-electron chi connectivity index (χ0n) is 9.41. The van der Waals surface area contributed by atoms with Crippen LogP contribution in [0, 0.1) is 0 Å². The van der Waals surface area contributed by atoms with Gasteiger partial charge in [-0.15, -0.1) is 0 Å². The van der Waals surface area contributed by atoms with Crippen LogP contribution in [0.5, 0.6) is 0 Å². The summed E-state index contributed by atoms with van der Waals surface area (Å²) in [5.74, 6) is -0.134. The molecule has 6 nitrogen and oxygen atoms in total. The van der Waals surface area contributed by atoms with Crippen LogP contribution in [0.1, 0.15) is 16.1 Å². The number of hydrogen-bond donors (Lipinski definition) is 0. The van der Waals surface area contributed by atoms with Gasteiger partial charge in [-0.3, -0.25) is 14.5 Å². The monoisotopic (exact) mass is 305 g/mol. The number of rotatable bonds is 2. The highest BCUT2D eigenvalue weighted by molar-refractivity contribution is 9.10. The summed E-state index contributed by atoms with van der Waals surface area (Å²) in [5.41, 5.74) is 1.68. The molecule has 3 aromatic heterocycles. The number of carbonyl (C=O) groups is 1. The van der Waals surface area contributed by atoms with Crippen LogP contribution >= 0.6 is 15.9 Å². The van der Waals surface area contributed by atoms with E-state index in [9.17, 15) is 4.79 Å². The Morgan fingerprint density at radius 3 is 2.83 bits per heavy atom. The Bertz CT molecular complexity index is 725. The summed E-state index contributed by atoms with van der Waals surface area (Å²) in [4.78, 5) is 16.5. The van der Waals surface area contributed by atoms with E-state index in [1.54, 1.807) is 42.5 Å². The minimum Gasteiger partial charge on any atom is -0.287 e. The van der Waals surface area contributed by atoms with Crippen molar-refractivity contribution in [3.05, 3.63) is 46.7 Å². The lowest BCUT2D eigenvalue weighted by atomic mass is 10.1. The fourth-order valence-corrected chi connectivity index (χ4v) is 2.33. The average Bonchev–Trinajstić information content (AvgIpc) is 2.93. The third kappa shape index (κ3) is 1.55. The molecule has 0 spiro atoms. The molecule has 0 radical (unpaired) electrons.